The van der Waals surface area contributed by atoms with Crippen LogP contribution in [0.2, 0.25) is 0 Å². The van der Waals surface area contributed by atoms with Crippen molar-refractivity contribution in [3.05, 3.63) is 55.7 Å². The van der Waals surface area contributed by atoms with Crippen molar-refractivity contribution in [2.24, 2.45) is 0 Å². The fourth-order valence-electron chi connectivity index (χ4n) is 2.07. The molecule has 1 heterocycles. The van der Waals surface area contributed by atoms with Crippen LogP contribution in [0.15, 0.2) is 34.8 Å². The molecule has 3 heteroatoms. The molecule has 1 N–H and O–H groups in total. The summed E-state index contributed by atoms with van der Waals surface area (Å²) in [4.78, 5) is 2.82. The maximum absolute atomic E-state index is 3.66. The van der Waals surface area contributed by atoms with Crippen molar-refractivity contribution in [1.29, 1.82) is 0 Å². The highest BCUT2D eigenvalue weighted by Gasteiger charge is 2.16. The van der Waals surface area contributed by atoms with E-state index >= 15 is 0 Å². The molecule has 0 spiro atoms. The Kier molecular flexibility index (Phi) is 5.20. The van der Waals surface area contributed by atoms with Gasteiger partial charge in [0, 0.05) is 14.2 Å². The van der Waals surface area contributed by atoms with E-state index in [4.69, 9.17) is 0 Å². The Hall–Kier alpha value is -0.640. The van der Waals surface area contributed by atoms with Crippen molar-refractivity contribution in [3.8, 4) is 0 Å². The second kappa shape index (κ2) is 6.69. The Bertz CT molecular complexity index is 511. The normalized spacial score (nSPS) is 12.6. The van der Waals surface area contributed by atoms with Crippen molar-refractivity contribution >= 4 is 27.3 Å². The minimum absolute atomic E-state index is 0.311. The van der Waals surface area contributed by atoms with E-state index in [0.717, 1.165) is 17.4 Å². The average molecular weight is 338 g/mol. The van der Waals surface area contributed by atoms with Crippen LogP contribution in [0.3, 0.4) is 0 Å². The zero-order valence-corrected chi connectivity index (χ0v) is 14.1. The number of thiophene rings is 1. The lowest BCUT2D eigenvalue weighted by Crippen LogP contribution is -2.22. The summed E-state index contributed by atoms with van der Waals surface area (Å²) in [5.41, 5.74) is 2.72. The minimum atomic E-state index is 0.311. The molecule has 1 unspecified atom stereocenters. The first-order valence-corrected chi connectivity index (χ1v) is 8.28. The van der Waals surface area contributed by atoms with Crippen LogP contribution < -0.4 is 5.32 Å². The van der Waals surface area contributed by atoms with Crippen LogP contribution in [-0.2, 0) is 0 Å². The Morgan fingerprint density at radius 1 is 1.21 bits per heavy atom. The van der Waals surface area contributed by atoms with Crippen LogP contribution in [0.4, 0.5) is 0 Å². The fourth-order valence-corrected chi connectivity index (χ4v) is 3.48. The van der Waals surface area contributed by atoms with Gasteiger partial charge in [-0.3, -0.25) is 0 Å². The monoisotopic (exact) mass is 337 g/mol. The van der Waals surface area contributed by atoms with Crippen molar-refractivity contribution in [2.45, 2.75) is 33.2 Å². The van der Waals surface area contributed by atoms with Crippen LogP contribution in [0.25, 0.3) is 0 Å². The number of hydrogen-bond donors (Lipinski definition) is 1. The molecule has 0 amide bonds. The first-order chi connectivity index (χ1) is 9.11. The first-order valence-electron chi connectivity index (χ1n) is 6.67. The van der Waals surface area contributed by atoms with E-state index in [-0.39, 0.29) is 0 Å². The van der Waals surface area contributed by atoms with Gasteiger partial charge in [0.15, 0.2) is 0 Å². The van der Waals surface area contributed by atoms with Crippen molar-refractivity contribution in [3.63, 3.8) is 0 Å². The summed E-state index contributed by atoms with van der Waals surface area (Å²) in [7, 11) is 0. The van der Waals surface area contributed by atoms with Crippen molar-refractivity contribution in [1.82, 2.24) is 5.32 Å². The van der Waals surface area contributed by atoms with Crippen LogP contribution in [-0.4, -0.2) is 6.54 Å². The molecule has 0 saturated heterocycles. The van der Waals surface area contributed by atoms with Gasteiger partial charge < -0.3 is 5.32 Å². The SMILES string of the molecule is CCCNC(c1ccc(Br)cc1)c1cc(C)c(C)s1. The third-order valence-corrected chi connectivity index (χ3v) is 5.02. The van der Waals surface area contributed by atoms with Gasteiger partial charge in [-0.2, -0.15) is 0 Å². The summed E-state index contributed by atoms with van der Waals surface area (Å²) in [5, 5.41) is 3.66. The predicted octanol–water partition coefficient (Wildman–Crippen LogP) is 5.22. The summed E-state index contributed by atoms with van der Waals surface area (Å²) in [6.07, 6.45) is 1.15. The number of halogens is 1. The summed E-state index contributed by atoms with van der Waals surface area (Å²) in [6, 6.07) is 11.2. The Morgan fingerprint density at radius 2 is 1.89 bits per heavy atom. The highest BCUT2D eigenvalue weighted by molar-refractivity contribution is 9.10. The molecule has 0 aliphatic heterocycles. The van der Waals surface area contributed by atoms with Crippen LogP contribution >= 0.6 is 27.3 Å². The molecule has 2 rings (SSSR count). The van der Waals surface area contributed by atoms with Gasteiger partial charge in [-0.05, 0) is 56.1 Å². The van der Waals surface area contributed by atoms with Gasteiger partial charge in [-0.15, -0.1) is 11.3 Å². The van der Waals surface area contributed by atoms with Gasteiger partial charge in [0.1, 0.15) is 0 Å². The highest BCUT2D eigenvalue weighted by atomic mass is 79.9. The first kappa shape index (κ1) is 14.8. The Morgan fingerprint density at radius 3 is 2.42 bits per heavy atom. The fraction of sp³-hybridized carbons (Fsp3) is 0.375. The van der Waals surface area contributed by atoms with Gasteiger partial charge in [-0.25, -0.2) is 0 Å². The zero-order chi connectivity index (χ0) is 13.8. The molecule has 1 atom stereocenters. The minimum Gasteiger partial charge on any atom is -0.306 e. The molecule has 2 aromatic rings. The van der Waals surface area contributed by atoms with Gasteiger partial charge in [0.05, 0.1) is 6.04 Å². The van der Waals surface area contributed by atoms with Crippen LogP contribution in [0.1, 0.15) is 40.3 Å². The van der Waals surface area contributed by atoms with Crippen molar-refractivity contribution in [2.75, 3.05) is 6.54 Å². The molecule has 1 nitrogen and oxygen atoms in total. The number of benzene rings is 1. The predicted molar refractivity (Wildman–Crippen MR) is 88.1 cm³/mol. The van der Waals surface area contributed by atoms with E-state index in [1.807, 2.05) is 11.3 Å². The third-order valence-electron chi connectivity index (χ3n) is 3.27. The van der Waals surface area contributed by atoms with E-state index in [0.29, 0.717) is 6.04 Å². The second-order valence-electron chi connectivity index (χ2n) is 4.83. The van der Waals surface area contributed by atoms with Gasteiger partial charge in [0.2, 0.25) is 0 Å². The van der Waals surface area contributed by atoms with Gasteiger partial charge in [0.25, 0.3) is 0 Å². The smallest absolute Gasteiger partial charge is 0.0671 e. The molecule has 0 aliphatic carbocycles. The van der Waals surface area contributed by atoms with Gasteiger partial charge >= 0.3 is 0 Å². The Balaban J connectivity index is 2.32. The molecular formula is C16H20BrNS. The number of aryl methyl sites for hydroxylation is 2. The van der Waals surface area contributed by atoms with E-state index in [2.05, 4.69) is 72.3 Å². The molecular weight excluding hydrogens is 318 g/mol. The van der Waals surface area contributed by atoms with Crippen LogP contribution in [0, 0.1) is 13.8 Å². The van der Waals surface area contributed by atoms with E-state index in [1.54, 1.807) is 0 Å². The zero-order valence-electron chi connectivity index (χ0n) is 11.7. The molecule has 0 fully saturated rings. The maximum Gasteiger partial charge on any atom is 0.0671 e. The molecule has 1 aromatic carbocycles. The molecule has 0 saturated carbocycles. The standard InChI is InChI=1S/C16H20BrNS/c1-4-9-18-16(13-5-7-14(17)8-6-13)15-10-11(2)12(3)19-15/h5-8,10,16,18H,4,9H2,1-3H3. The average Bonchev–Trinajstić information content (AvgIpc) is 2.72. The summed E-state index contributed by atoms with van der Waals surface area (Å²) >= 11 is 5.40. The molecule has 19 heavy (non-hydrogen) atoms. The van der Waals surface area contributed by atoms with E-state index < -0.39 is 0 Å². The Labute approximate surface area is 128 Å². The third kappa shape index (κ3) is 3.68. The van der Waals surface area contributed by atoms with Gasteiger partial charge in [-0.1, -0.05) is 35.0 Å². The number of hydrogen-bond acceptors (Lipinski definition) is 2. The summed E-state index contributed by atoms with van der Waals surface area (Å²) in [6.45, 7) is 7.63. The second-order valence-corrected chi connectivity index (χ2v) is 7.03. The lowest BCUT2D eigenvalue weighted by atomic mass is 10.0. The molecule has 0 bridgehead atoms. The molecule has 102 valence electrons. The lowest BCUT2D eigenvalue weighted by Gasteiger charge is -2.17. The quantitative estimate of drug-likeness (QED) is 0.788. The van der Waals surface area contributed by atoms with E-state index in [9.17, 15) is 0 Å². The molecule has 0 aliphatic rings. The number of rotatable bonds is 5. The molecule has 1 aromatic heterocycles. The summed E-state index contributed by atoms with van der Waals surface area (Å²) < 4.78 is 1.13. The topological polar surface area (TPSA) is 12.0 Å². The molecule has 0 radical (unpaired) electrons. The number of nitrogens with one attached hydrogen (secondary N) is 1. The highest BCUT2D eigenvalue weighted by Crippen LogP contribution is 2.31. The van der Waals surface area contributed by atoms with E-state index in [1.165, 1.54) is 20.9 Å². The maximum atomic E-state index is 3.66. The largest absolute Gasteiger partial charge is 0.306 e. The lowest BCUT2D eigenvalue weighted by molar-refractivity contribution is 0.605. The summed E-state index contributed by atoms with van der Waals surface area (Å²) in [5.74, 6) is 0. The van der Waals surface area contributed by atoms with Crippen molar-refractivity contribution < 1.29 is 0 Å². The van der Waals surface area contributed by atoms with Crippen LogP contribution in [0.5, 0.6) is 0 Å².